The van der Waals surface area contributed by atoms with Crippen LogP contribution in [0.3, 0.4) is 0 Å². The fourth-order valence-corrected chi connectivity index (χ4v) is 5.28. The predicted octanol–water partition coefficient (Wildman–Crippen LogP) is 0.295. The average molecular weight is 546 g/mol. The van der Waals surface area contributed by atoms with E-state index < -0.39 is 23.9 Å². The van der Waals surface area contributed by atoms with Gasteiger partial charge < -0.3 is 16.4 Å². The van der Waals surface area contributed by atoms with Crippen molar-refractivity contribution in [1.82, 2.24) is 25.1 Å². The summed E-state index contributed by atoms with van der Waals surface area (Å²) >= 11 is 0. The molecule has 0 saturated carbocycles. The van der Waals surface area contributed by atoms with Gasteiger partial charge in [-0.1, -0.05) is 12.1 Å². The summed E-state index contributed by atoms with van der Waals surface area (Å²) in [4.78, 5) is 76.9. The minimum atomic E-state index is -0.730. The normalized spacial score (nSPS) is 20.5. The molecule has 6 rings (SSSR count). The number of hydrogen-bond acceptors (Lipinski definition) is 9. The van der Waals surface area contributed by atoms with Gasteiger partial charge in [0.15, 0.2) is 0 Å². The molecule has 2 saturated heterocycles. The number of aromatic nitrogens is 2. The Morgan fingerprint density at radius 3 is 2.05 bits per heavy atom. The average Bonchev–Trinajstić information content (AvgIpc) is 3.23. The summed E-state index contributed by atoms with van der Waals surface area (Å²) in [5.74, 6) is -1.27. The number of amides is 5. The van der Waals surface area contributed by atoms with E-state index in [0.717, 1.165) is 5.56 Å². The monoisotopic (exact) mass is 545 g/mol. The number of nitrogen functional groups attached to an aromatic ring is 2. The summed E-state index contributed by atoms with van der Waals surface area (Å²) < 4.78 is 1.32. The van der Waals surface area contributed by atoms with Gasteiger partial charge in [0, 0.05) is 41.9 Å². The van der Waals surface area contributed by atoms with Crippen LogP contribution in [0.5, 0.6) is 0 Å². The second-order valence-electron chi connectivity index (χ2n) is 9.82. The van der Waals surface area contributed by atoms with E-state index in [1.807, 2.05) is 0 Å². The number of anilines is 2. The number of piperidine rings is 2. The first-order chi connectivity index (χ1) is 19.1. The molecule has 3 aliphatic heterocycles. The Balaban J connectivity index is 0.000000162. The quantitative estimate of drug-likeness (QED) is 0.258. The zero-order valence-electron chi connectivity index (χ0n) is 21.6. The van der Waals surface area contributed by atoms with Crippen LogP contribution in [0.2, 0.25) is 0 Å². The molecule has 40 heavy (non-hydrogen) atoms. The van der Waals surface area contributed by atoms with Crippen LogP contribution in [0.25, 0.3) is 10.9 Å². The molecule has 3 aliphatic rings. The Kier molecular flexibility index (Phi) is 6.80. The van der Waals surface area contributed by atoms with E-state index in [-0.39, 0.29) is 42.5 Å². The van der Waals surface area contributed by atoms with Crippen LogP contribution >= 0.6 is 0 Å². The first-order valence-corrected chi connectivity index (χ1v) is 12.7. The third-order valence-electron chi connectivity index (χ3n) is 7.28. The van der Waals surface area contributed by atoms with Gasteiger partial charge in [0.2, 0.25) is 23.6 Å². The van der Waals surface area contributed by atoms with Crippen molar-refractivity contribution in [2.75, 3.05) is 11.5 Å². The number of carbonyl (C=O) groups is 5. The van der Waals surface area contributed by atoms with E-state index in [1.165, 1.54) is 9.47 Å². The zero-order chi connectivity index (χ0) is 28.7. The van der Waals surface area contributed by atoms with Crippen molar-refractivity contribution in [3.63, 3.8) is 0 Å². The molecule has 0 bridgehead atoms. The van der Waals surface area contributed by atoms with Crippen LogP contribution in [0.1, 0.15) is 53.5 Å². The van der Waals surface area contributed by atoms with Crippen LogP contribution in [-0.4, -0.2) is 50.0 Å². The molecule has 0 aliphatic carbocycles. The van der Waals surface area contributed by atoms with Crippen molar-refractivity contribution in [2.45, 2.75) is 51.2 Å². The minimum Gasteiger partial charge on any atom is -0.398 e. The standard InChI is InChI=1S/C14H14N4O3.C13H13N3O3/c1-7-16-9-4-2-3-8(15)12(9)14(21)18(7)10-5-6-11(19)17-13(10)20;14-9-3-1-2-7-8(9)6-16(13(7)19)10-4-5-11(17)15-12(10)18/h2-4,10H,5-6,15H2,1H3,(H,17,19,20);1-3,10H,4-6,14H2,(H,15,17,18). The molecule has 1 aromatic heterocycles. The van der Waals surface area contributed by atoms with E-state index in [9.17, 15) is 28.8 Å². The number of fused-ring (bicyclic) bond motifs is 2. The third-order valence-corrected chi connectivity index (χ3v) is 7.28. The minimum absolute atomic E-state index is 0.197. The highest BCUT2D eigenvalue weighted by atomic mass is 16.2. The van der Waals surface area contributed by atoms with Crippen molar-refractivity contribution in [3.05, 3.63) is 63.7 Å². The highest BCUT2D eigenvalue weighted by Gasteiger charge is 2.39. The maximum Gasteiger partial charge on any atom is 0.264 e. The van der Waals surface area contributed by atoms with Crippen molar-refractivity contribution in [1.29, 1.82) is 0 Å². The van der Waals surface area contributed by atoms with Crippen LogP contribution in [0.15, 0.2) is 41.2 Å². The highest BCUT2D eigenvalue weighted by Crippen LogP contribution is 2.30. The van der Waals surface area contributed by atoms with Gasteiger partial charge in [0.1, 0.15) is 17.9 Å². The second kappa shape index (κ2) is 10.2. The molecule has 5 amide bonds. The SMILES string of the molecule is Cc1nc2cccc(N)c2c(=O)n1C1CCC(=O)NC1=O.Nc1cccc2c1CN(C1CCC(=O)NC1=O)C2=O. The second-order valence-corrected chi connectivity index (χ2v) is 9.82. The summed E-state index contributed by atoms with van der Waals surface area (Å²) in [5, 5.41) is 4.81. The van der Waals surface area contributed by atoms with Crippen LogP contribution in [0.4, 0.5) is 11.4 Å². The third kappa shape index (κ3) is 4.65. The first-order valence-electron chi connectivity index (χ1n) is 12.7. The number of carbonyl (C=O) groups excluding carboxylic acids is 5. The summed E-state index contributed by atoms with van der Waals surface area (Å²) in [6.45, 7) is 1.99. The topological polar surface area (TPSA) is 200 Å². The number of benzene rings is 2. The molecule has 0 radical (unpaired) electrons. The van der Waals surface area contributed by atoms with Gasteiger partial charge in [-0.3, -0.25) is 44.0 Å². The zero-order valence-corrected chi connectivity index (χ0v) is 21.6. The van der Waals surface area contributed by atoms with Gasteiger partial charge in [-0.2, -0.15) is 0 Å². The lowest BCUT2D eigenvalue weighted by molar-refractivity contribution is -0.138. The lowest BCUT2D eigenvalue weighted by Gasteiger charge is -2.29. The number of nitrogens with zero attached hydrogens (tertiary/aromatic N) is 3. The molecule has 4 heterocycles. The van der Waals surface area contributed by atoms with Crippen molar-refractivity contribution >= 4 is 51.8 Å². The number of rotatable bonds is 2. The van der Waals surface area contributed by atoms with E-state index >= 15 is 0 Å². The Morgan fingerprint density at radius 2 is 1.43 bits per heavy atom. The number of hydrogen-bond donors (Lipinski definition) is 4. The van der Waals surface area contributed by atoms with Crippen LogP contribution < -0.4 is 27.7 Å². The lowest BCUT2D eigenvalue weighted by Crippen LogP contribution is -2.52. The molecule has 0 spiro atoms. The molecular weight excluding hydrogens is 518 g/mol. The molecule has 2 atom stereocenters. The summed E-state index contributed by atoms with van der Waals surface area (Å²) in [7, 11) is 0. The van der Waals surface area contributed by atoms with Gasteiger partial charge in [0.05, 0.1) is 10.9 Å². The summed E-state index contributed by atoms with van der Waals surface area (Å²) in [5.41, 5.74) is 14.0. The smallest absolute Gasteiger partial charge is 0.264 e. The summed E-state index contributed by atoms with van der Waals surface area (Å²) in [6.07, 6.45) is 1.10. The Morgan fingerprint density at radius 1 is 0.825 bits per heavy atom. The van der Waals surface area contributed by atoms with Gasteiger partial charge in [0.25, 0.3) is 11.5 Å². The van der Waals surface area contributed by atoms with Crippen molar-refractivity contribution in [3.8, 4) is 0 Å². The molecule has 13 heteroatoms. The van der Waals surface area contributed by atoms with Gasteiger partial charge >= 0.3 is 0 Å². The molecule has 2 aromatic carbocycles. The number of nitrogens with one attached hydrogen (secondary N) is 2. The van der Waals surface area contributed by atoms with Gasteiger partial charge in [-0.25, -0.2) is 4.98 Å². The molecule has 2 fully saturated rings. The summed E-state index contributed by atoms with van der Waals surface area (Å²) in [6, 6.07) is 8.90. The van der Waals surface area contributed by atoms with Gasteiger partial charge in [-0.05, 0) is 44.0 Å². The molecule has 3 aromatic rings. The first kappa shape index (κ1) is 26.5. The maximum absolute atomic E-state index is 12.7. The van der Waals surface area contributed by atoms with Crippen molar-refractivity contribution in [2.24, 2.45) is 0 Å². The molecule has 6 N–H and O–H groups in total. The molecular formula is C27H27N7O6. The fourth-order valence-electron chi connectivity index (χ4n) is 5.28. The van der Waals surface area contributed by atoms with Crippen LogP contribution in [-0.2, 0) is 25.7 Å². The van der Waals surface area contributed by atoms with Crippen LogP contribution in [0, 0.1) is 6.92 Å². The maximum atomic E-state index is 12.7. The Bertz CT molecular complexity index is 1660. The van der Waals surface area contributed by atoms with Gasteiger partial charge in [-0.15, -0.1) is 0 Å². The van der Waals surface area contributed by atoms with E-state index in [4.69, 9.17) is 11.5 Å². The lowest BCUT2D eigenvalue weighted by atomic mass is 10.0. The number of nitrogens with two attached hydrogens (primary N) is 2. The predicted molar refractivity (Wildman–Crippen MR) is 143 cm³/mol. The molecule has 206 valence electrons. The molecule has 2 unspecified atom stereocenters. The molecule has 13 nitrogen and oxygen atoms in total. The van der Waals surface area contributed by atoms with Crippen molar-refractivity contribution < 1.29 is 24.0 Å². The Labute approximate surface area is 227 Å². The van der Waals surface area contributed by atoms with E-state index in [2.05, 4.69) is 15.6 Å². The van der Waals surface area contributed by atoms with E-state index in [0.29, 0.717) is 46.6 Å². The fraction of sp³-hybridized carbons (Fsp3) is 0.296. The highest BCUT2D eigenvalue weighted by molar-refractivity contribution is 6.06. The van der Waals surface area contributed by atoms with E-state index in [1.54, 1.807) is 43.3 Å². The Hall–Kier alpha value is -5.07. The number of imide groups is 2. The number of aryl methyl sites for hydroxylation is 1. The largest absolute Gasteiger partial charge is 0.398 e.